The Labute approximate surface area is 67.3 Å². The molecule has 64 valence electrons. The van der Waals surface area contributed by atoms with Crippen LogP contribution in [0.3, 0.4) is 0 Å². The maximum atomic E-state index is 10.4. The van der Waals surface area contributed by atoms with E-state index in [4.69, 9.17) is 4.74 Å². The predicted molar refractivity (Wildman–Crippen MR) is 42.3 cm³/mol. The third kappa shape index (κ3) is 1.93. The van der Waals surface area contributed by atoms with Crippen LogP contribution in [0.1, 0.15) is 19.8 Å². The molecule has 1 unspecified atom stereocenters. The molecule has 1 amide bonds. The first-order valence-corrected chi connectivity index (χ1v) is 4.04. The van der Waals surface area contributed by atoms with Crippen LogP contribution in [0.5, 0.6) is 0 Å². The van der Waals surface area contributed by atoms with Crippen LogP contribution in [0.15, 0.2) is 0 Å². The van der Waals surface area contributed by atoms with Gasteiger partial charge >= 0.3 is 0 Å². The molecular weight excluding hydrogens is 142 g/mol. The first kappa shape index (κ1) is 8.53. The number of likely N-dealkylation sites (N-methyl/N-ethyl adjacent to an activating group) is 1. The molecule has 0 radical (unpaired) electrons. The minimum absolute atomic E-state index is 0.193. The molecule has 0 aromatic heterocycles. The van der Waals surface area contributed by atoms with Gasteiger partial charge < -0.3 is 9.64 Å². The topological polar surface area (TPSA) is 29.5 Å². The number of carbonyl (C=O) groups is 1. The average molecular weight is 157 g/mol. The zero-order chi connectivity index (χ0) is 8.27. The van der Waals surface area contributed by atoms with Crippen molar-refractivity contribution in [3.8, 4) is 0 Å². The minimum Gasteiger partial charge on any atom is -0.376 e. The Kier molecular flexibility index (Phi) is 2.88. The highest BCUT2D eigenvalue weighted by molar-refractivity contribution is 5.47. The van der Waals surface area contributed by atoms with Gasteiger partial charge in [0.2, 0.25) is 6.41 Å². The largest absolute Gasteiger partial charge is 0.376 e. The highest BCUT2D eigenvalue weighted by Crippen LogP contribution is 2.16. The van der Waals surface area contributed by atoms with Gasteiger partial charge in [0.1, 0.15) is 0 Å². The van der Waals surface area contributed by atoms with Crippen molar-refractivity contribution in [2.24, 2.45) is 0 Å². The zero-order valence-corrected chi connectivity index (χ0v) is 7.12. The van der Waals surface area contributed by atoms with Gasteiger partial charge in [-0.2, -0.15) is 0 Å². The Morgan fingerprint density at radius 2 is 2.36 bits per heavy atom. The van der Waals surface area contributed by atoms with Crippen LogP contribution in [0.4, 0.5) is 0 Å². The summed E-state index contributed by atoms with van der Waals surface area (Å²) >= 11 is 0. The van der Waals surface area contributed by atoms with E-state index in [1.54, 1.807) is 4.90 Å². The summed E-state index contributed by atoms with van der Waals surface area (Å²) in [5.41, 5.74) is 0. The number of nitrogens with zero attached hydrogens (tertiary/aromatic N) is 1. The van der Waals surface area contributed by atoms with Crippen LogP contribution in [0, 0.1) is 0 Å². The Morgan fingerprint density at radius 1 is 1.64 bits per heavy atom. The fourth-order valence-corrected chi connectivity index (χ4v) is 1.52. The molecule has 0 aromatic carbocycles. The van der Waals surface area contributed by atoms with Gasteiger partial charge in [-0.05, 0) is 19.8 Å². The number of ether oxygens (including phenoxy) is 1. The quantitative estimate of drug-likeness (QED) is 0.550. The Balaban J connectivity index is 2.46. The molecule has 3 heteroatoms. The molecule has 1 rings (SSSR count). The van der Waals surface area contributed by atoms with Crippen molar-refractivity contribution in [1.29, 1.82) is 0 Å². The van der Waals surface area contributed by atoms with E-state index in [1.807, 2.05) is 14.0 Å². The zero-order valence-electron chi connectivity index (χ0n) is 7.12. The number of rotatable bonds is 2. The highest BCUT2D eigenvalue weighted by atomic mass is 16.5. The molecule has 0 aliphatic carbocycles. The second-order valence-electron chi connectivity index (χ2n) is 3.06. The maximum absolute atomic E-state index is 10.4. The fraction of sp³-hybridized carbons (Fsp3) is 0.875. The predicted octanol–water partition coefficient (Wildman–Crippen LogP) is 0.642. The summed E-state index contributed by atoms with van der Waals surface area (Å²) < 4.78 is 5.41. The van der Waals surface area contributed by atoms with E-state index in [1.165, 1.54) is 0 Å². The maximum Gasteiger partial charge on any atom is 0.209 e. The van der Waals surface area contributed by atoms with Gasteiger partial charge in [0.15, 0.2) is 0 Å². The van der Waals surface area contributed by atoms with Gasteiger partial charge in [-0.25, -0.2) is 0 Å². The number of carbonyl (C=O) groups excluding carboxylic acids is 1. The third-order valence-corrected chi connectivity index (χ3v) is 2.26. The van der Waals surface area contributed by atoms with E-state index in [2.05, 4.69) is 0 Å². The molecule has 0 spiro atoms. The molecule has 11 heavy (non-hydrogen) atoms. The summed E-state index contributed by atoms with van der Waals surface area (Å²) in [6.45, 7) is 2.86. The van der Waals surface area contributed by atoms with Crippen molar-refractivity contribution >= 4 is 6.41 Å². The standard InChI is InChI=1S/C8H15NO2/c1-7-8(9(2)6-10)4-3-5-11-7/h6-8H,3-5H2,1-2H3/t7-,8?/m1/s1. The Bertz CT molecular complexity index is 138. The van der Waals surface area contributed by atoms with Crippen molar-refractivity contribution in [2.45, 2.75) is 31.9 Å². The lowest BCUT2D eigenvalue weighted by Gasteiger charge is -2.33. The molecule has 2 atom stereocenters. The summed E-state index contributed by atoms with van der Waals surface area (Å²) in [4.78, 5) is 12.1. The van der Waals surface area contributed by atoms with Crippen LogP contribution >= 0.6 is 0 Å². The number of hydrogen-bond donors (Lipinski definition) is 0. The fourth-order valence-electron chi connectivity index (χ4n) is 1.52. The molecule has 1 heterocycles. The van der Waals surface area contributed by atoms with Crippen LogP contribution < -0.4 is 0 Å². The van der Waals surface area contributed by atoms with E-state index < -0.39 is 0 Å². The summed E-state index contributed by atoms with van der Waals surface area (Å²) in [6.07, 6.45) is 3.19. The van der Waals surface area contributed by atoms with Crippen LogP contribution in [0.2, 0.25) is 0 Å². The number of hydrogen-bond acceptors (Lipinski definition) is 2. The minimum atomic E-state index is 0.193. The summed E-state index contributed by atoms with van der Waals surface area (Å²) in [7, 11) is 1.81. The molecule has 1 aliphatic heterocycles. The molecule has 1 fully saturated rings. The molecular formula is C8H15NO2. The molecule has 0 saturated carbocycles. The molecule has 3 nitrogen and oxygen atoms in total. The summed E-state index contributed by atoms with van der Waals surface area (Å²) in [6, 6.07) is 0.279. The Morgan fingerprint density at radius 3 is 2.91 bits per heavy atom. The van der Waals surface area contributed by atoms with E-state index in [0.29, 0.717) is 0 Å². The normalized spacial score (nSPS) is 31.5. The van der Waals surface area contributed by atoms with Gasteiger partial charge in [0.25, 0.3) is 0 Å². The monoisotopic (exact) mass is 157 g/mol. The molecule has 0 bridgehead atoms. The van der Waals surface area contributed by atoms with Crippen molar-refractivity contribution in [2.75, 3.05) is 13.7 Å². The Hall–Kier alpha value is -0.570. The van der Waals surface area contributed by atoms with Gasteiger partial charge in [0, 0.05) is 13.7 Å². The van der Waals surface area contributed by atoms with E-state index in [0.717, 1.165) is 25.9 Å². The second-order valence-corrected chi connectivity index (χ2v) is 3.06. The van der Waals surface area contributed by atoms with Gasteiger partial charge in [-0.3, -0.25) is 4.79 Å². The lowest BCUT2D eigenvalue weighted by Crippen LogP contribution is -2.43. The average Bonchev–Trinajstić information content (AvgIpc) is 2.04. The lowest BCUT2D eigenvalue weighted by molar-refractivity contribution is -0.124. The van der Waals surface area contributed by atoms with Crippen molar-refractivity contribution in [3.63, 3.8) is 0 Å². The summed E-state index contributed by atoms with van der Waals surface area (Å²) in [5.74, 6) is 0. The van der Waals surface area contributed by atoms with Crippen LogP contribution in [-0.4, -0.2) is 37.1 Å². The molecule has 1 aliphatic rings. The second kappa shape index (κ2) is 3.72. The lowest BCUT2D eigenvalue weighted by atomic mass is 10.0. The van der Waals surface area contributed by atoms with Gasteiger partial charge in [-0.1, -0.05) is 0 Å². The van der Waals surface area contributed by atoms with Crippen molar-refractivity contribution < 1.29 is 9.53 Å². The molecule has 0 aromatic rings. The first-order valence-electron chi connectivity index (χ1n) is 4.04. The van der Waals surface area contributed by atoms with E-state index >= 15 is 0 Å². The molecule has 1 saturated heterocycles. The SMILES string of the molecule is C[C@H]1OCCCC1N(C)C=O. The first-order chi connectivity index (χ1) is 5.25. The van der Waals surface area contributed by atoms with E-state index in [-0.39, 0.29) is 12.1 Å². The summed E-state index contributed by atoms with van der Waals surface area (Å²) in [5, 5.41) is 0. The highest BCUT2D eigenvalue weighted by Gasteiger charge is 2.24. The smallest absolute Gasteiger partial charge is 0.209 e. The van der Waals surface area contributed by atoms with Gasteiger partial charge in [0.05, 0.1) is 12.1 Å². The van der Waals surface area contributed by atoms with Crippen LogP contribution in [-0.2, 0) is 9.53 Å². The number of amides is 1. The van der Waals surface area contributed by atoms with Crippen LogP contribution in [0.25, 0.3) is 0 Å². The molecule has 0 N–H and O–H groups in total. The van der Waals surface area contributed by atoms with Crippen molar-refractivity contribution in [1.82, 2.24) is 4.90 Å². The van der Waals surface area contributed by atoms with Crippen molar-refractivity contribution in [3.05, 3.63) is 0 Å². The van der Waals surface area contributed by atoms with Gasteiger partial charge in [-0.15, -0.1) is 0 Å². The van der Waals surface area contributed by atoms with E-state index in [9.17, 15) is 4.79 Å². The third-order valence-electron chi connectivity index (χ3n) is 2.26.